The Balaban J connectivity index is 2.36. The van der Waals surface area contributed by atoms with Gasteiger partial charge in [0.25, 0.3) is 5.69 Å². The molecule has 0 atom stereocenters. The molecule has 0 fully saturated rings. The molecule has 0 bridgehead atoms. The number of nitro groups is 1. The Hall–Kier alpha value is -1.17. The molecule has 1 rings (SSSR count). The predicted octanol–water partition coefficient (Wildman–Crippen LogP) is 2.76. The van der Waals surface area contributed by atoms with E-state index < -0.39 is 4.92 Å². The Kier molecular flexibility index (Phi) is 6.64. The van der Waals surface area contributed by atoms with E-state index in [4.69, 9.17) is 16.3 Å². The zero-order valence-corrected chi connectivity index (χ0v) is 11.1. The van der Waals surface area contributed by atoms with Crippen LogP contribution in [0.5, 0.6) is 0 Å². The second kappa shape index (κ2) is 8.02. The van der Waals surface area contributed by atoms with Crippen molar-refractivity contribution < 1.29 is 9.66 Å². The van der Waals surface area contributed by atoms with E-state index in [-0.39, 0.29) is 5.69 Å². The molecular formula is C12H17ClN2O3. The van der Waals surface area contributed by atoms with Gasteiger partial charge in [-0.15, -0.1) is 0 Å². The maximum absolute atomic E-state index is 10.5. The average molecular weight is 273 g/mol. The quantitative estimate of drug-likeness (QED) is 0.449. The van der Waals surface area contributed by atoms with Crippen LogP contribution in [0.3, 0.4) is 0 Å². The molecule has 0 amide bonds. The SMILES string of the molecule is CCCNCCOCc1ccc([N+](=O)[O-])cc1Cl. The summed E-state index contributed by atoms with van der Waals surface area (Å²) in [6.07, 6.45) is 1.09. The van der Waals surface area contributed by atoms with E-state index in [0.717, 1.165) is 25.1 Å². The van der Waals surface area contributed by atoms with E-state index in [1.165, 1.54) is 12.1 Å². The number of hydrogen-bond acceptors (Lipinski definition) is 4. The minimum atomic E-state index is -0.467. The van der Waals surface area contributed by atoms with Crippen LogP contribution in [-0.4, -0.2) is 24.6 Å². The van der Waals surface area contributed by atoms with Crippen molar-refractivity contribution in [3.05, 3.63) is 38.9 Å². The largest absolute Gasteiger partial charge is 0.375 e. The highest BCUT2D eigenvalue weighted by Gasteiger charge is 2.09. The van der Waals surface area contributed by atoms with Gasteiger partial charge in [0.05, 0.1) is 23.2 Å². The van der Waals surface area contributed by atoms with Gasteiger partial charge in [0, 0.05) is 18.7 Å². The Morgan fingerprint density at radius 1 is 1.44 bits per heavy atom. The lowest BCUT2D eigenvalue weighted by molar-refractivity contribution is -0.384. The first-order valence-corrected chi connectivity index (χ1v) is 6.24. The number of nitrogens with zero attached hydrogens (tertiary/aromatic N) is 1. The maximum Gasteiger partial charge on any atom is 0.270 e. The third kappa shape index (κ3) is 5.00. The van der Waals surface area contributed by atoms with Gasteiger partial charge >= 0.3 is 0 Å². The molecule has 1 aromatic carbocycles. The summed E-state index contributed by atoms with van der Waals surface area (Å²) in [7, 11) is 0. The first-order chi connectivity index (χ1) is 8.65. The van der Waals surface area contributed by atoms with E-state index in [1.807, 2.05) is 0 Å². The summed E-state index contributed by atoms with van der Waals surface area (Å²) in [6, 6.07) is 4.40. The minimum Gasteiger partial charge on any atom is -0.375 e. The highest BCUT2D eigenvalue weighted by molar-refractivity contribution is 6.31. The van der Waals surface area contributed by atoms with Gasteiger partial charge in [-0.3, -0.25) is 10.1 Å². The van der Waals surface area contributed by atoms with Crippen LogP contribution in [0, 0.1) is 10.1 Å². The second-order valence-corrected chi connectivity index (χ2v) is 4.24. The third-order valence-corrected chi connectivity index (χ3v) is 2.71. The molecule has 1 N–H and O–H groups in total. The first kappa shape index (κ1) is 14.9. The zero-order valence-electron chi connectivity index (χ0n) is 10.3. The smallest absolute Gasteiger partial charge is 0.270 e. The van der Waals surface area contributed by atoms with Gasteiger partial charge in [-0.05, 0) is 24.6 Å². The molecular weight excluding hydrogens is 256 g/mol. The molecule has 0 aliphatic carbocycles. The fourth-order valence-corrected chi connectivity index (χ4v) is 1.62. The topological polar surface area (TPSA) is 64.4 Å². The number of halogens is 1. The van der Waals surface area contributed by atoms with Crippen molar-refractivity contribution in [3.63, 3.8) is 0 Å². The van der Waals surface area contributed by atoms with E-state index in [0.29, 0.717) is 18.2 Å². The molecule has 6 heteroatoms. The summed E-state index contributed by atoms with van der Waals surface area (Å²) in [5.74, 6) is 0. The molecule has 0 radical (unpaired) electrons. The number of nitro benzene ring substituents is 1. The van der Waals surface area contributed by atoms with Gasteiger partial charge < -0.3 is 10.1 Å². The maximum atomic E-state index is 10.5. The molecule has 0 saturated carbocycles. The molecule has 0 aromatic heterocycles. The van der Waals surface area contributed by atoms with Crippen molar-refractivity contribution in [2.24, 2.45) is 0 Å². The fraction of sp³-hybridized carbons (Fsp3) is 0.500. The van der Waals surface area contributed by atoms with E-state index in [1.54, 1.807) is 6.07 Å². The Bertz CT molecular complexity index is 399. The Morgan fingerprint density at radius 3 is 2.83 bits per heavy atom. The molecule has 0 unspecified atom stereocenters. The van der Waals surface area contributed by atoms with Crippen LogP contribution < -0.4 is 5.32 Å². The molecule has 100 valence electrons. The number of rotatable bonds is 8. The highest BCUT2D eigenvalue weighted by Crippen LogP contribution is 2.22. The van der Waals surface area contributed by atoms with Crippen LogP contribution in [0.25, 0.3) is 0 Å². The lowest BCUT2D eigenvalue weighted by atomic mass is 10.2. The van der Waals surface area contributed by atoms with E-state index in [9.17, 15) is 10.1 Å². The number of ether oxygens (including phenoxy) is 1. The summed E-state index contributed by atoms with van der Waals surface area (Å²) in [5.41, 5.74) is 0.756. The van der Waals surface area contributed by atoms with Crippen LogP contribution in [0.2, 0.25) is 5.02 Å². The predicted molar refractivity (Wildman–Crippen MR) is 70.9 cm³/mol. The van der Waals surface area contributed by atoms with Gasteiger partial charge in [-0.2, -0.15) is 0 Å². The summed E-state index contributed by atoms with van der Waals surface area (Å²) in [5, 5.41) is 14.1. The van der Waals surface area contributed by atoms with Crippen LogP contribution >= 0.6 is 11.6 Å². The summed E-state index contributed by atoms with van der Waals surface area (Å²) >= 11 is 5.94. The normalized spacial score (nSPS) is 10.6. The van der Waals surface area contributed by atoms with Crippen LogP contribution in [0.4, 0.5) is 5.69 Å². The lowest BCUT2D eigenvalue weighted by Gasteiger charge is -2.06. The fourth-order valence-electron chi connectivity index (χ4n) is 1.40. The molecule has 18 heavy (non-hydrogen) atoms. The number of benzene rings is 1. The monoisotopic (exact) mass is 272 g/mol. The number of non-ortho nitro benzene ring substituents is 1. The van der Waals surface area contributed by atoms with Gasteiger partial charge in [-0.1, -0.05) is 18.5 Å². The third-order valence-electron chi connectivity index (χ3n) is 2.35. The van der Waals surface area contributed by atoms with Crippen LogP contribution in [0.1, 0.15) is 18.9 Å². The molecule has 0 spiro atoms. The number of nitrogens with one attached hydrogen (secondary N) is 1. The van der Waals surface area contributed by atoms with Gasteiger partial charge in [-0.25, -0.2) is 0 Å². The van der Waals surface area contributed by atoms with Crippen molar-refractivity contribution >= 4 is 17.3 Å². The molecule has 0 heterocycles. The standard InChI is InChI=1S/C12H17ClN2O3/c1-2-5-14-6-7-18-9-10-3-4-11(15(16)17)8-12(10)13/h3-4,8,14H,2,5-7,9H2,1H3. The van der Waals surface area contributed by atoms with Crippen molar-refractivity contribution in [1.29, 1.82) is 0 Å². The van der Waals surface area contributed by atoms with E-state index in [2.05, 4.69) is 12.2 Å². The van der Waals surface area contributed by atoms with Crippen molar-refractivity contribution in [2.45, 2.75) is 20.0 Å². The average Bonchev–Trinajstić information content (AvgIpc) is 2.35. The Labute approximate surface area is 111 Å². The molecule has 5 nitrogen and oxygen atoms in total. The zero-order chi connectivity index (χ0) is 13.4. The summed E-state index contributed by atoms with van der Waals surface area (Å²) < 4.78 is 5.43. The van der Waals surface area contributed by atoms with Crippen molar-refractivity contribution in [2.75, 3.05) is 19.7 Å². The van der Waals surface area contributed by atoms with Gasteiger partial charge in [0.2, 0.25) is 0 Å². The van der Waals surface area contributed by atoms with Crippen molar-refractivity contribution in [1.82, 2.24) is 5.32 Å². The minimum absolute atomic E-state index is 0.00615. The molecule has 0 saturated heterocycles. The van der Waals surface area contributed by atoms with Gasteiger partial charge in [0.1, 0.15) is 0 Å². The second-order valence-electron chi connectivity index (χ2n) is 3.84. The molecule has 1 aromatic rings. The summed E-state index contributed by atoms with van der Waals surface area (Å²) in [6.45, 7) is 4.82. The van der Waals surface area contributed by atoms with Gasteiger partial charge in [0.15, 0.2) is 0 Å². The lowest BCUT2D eigenvalue weighted by Crippen LogP contribution is -2.20. The summed E-state index contributed by atoms with van der Waals surface area (Å²) in [4.78, 5) is 10.1. The van der Waals surface area contributed by atoms with Crippen LogP contribution in [0.15, 0.2) is 18.2 Å². The molecule has 0 aliphatic rings. The van der Waals surface area contributed by atoms with Crippen LogP contribution in [-0.2, 0) is 11.3 Å². The van der Waals surface area contributed by atoms with E-state index >= 15 is 0 Å². The number of hydrogen-bond donors (Lipinski definition) is 1. The Morgan fingerprint density at radius 2 is 2.22 bits per heavy atom. The molecule has 0 aliphatic heterocycles. The highest BCUT2D eigenvalue weighted by atomic mass is 35.5. The first-order valence-electron chi connectivity index (χ1n) is 5.86. The van der Waals surface area contributed by atoms with Crippen molar-refractivity contribution in [3.8, 4) is 0 Å².